The van der Waals surface area contributed by atoms with Gasteiger partial charge in [-0.15, -0.1) is 0 Å². The first-order chi connectivity index (χ1) is 23.9. The molecule has 2 aliphatic rings. The van der Waals surface area contributed by atoms with Crippen LogP contribution in [-0.4, -0.2) is 44.6 Å². The SMILES string of the molecule is O=C1CN(c2cccc(-n3cc(-c4ccc(Cl)cc4Cl)nc3Cc3ccc(-c4cccc(S(=O)(=O)CC5CCCCC5)c4)cc3)c2)S(=O)(=O)N1. The number of carbonyl (C=O) groups is 1. The third-order valence-electron chi connectivity index (χ3n) is 9.22. The molecule has 1 aliphatic heterocycles. The lowest BCUT2D eigenvalue weighted by atomic mass is 9.91. The third kappa shape index (κ3) is 7.32. The van der Waals surface area contributed by atoms with Crippen LogP contribution in [0.15, 0.2) is 102 Å². The Morgan fingerprint density at radius 1 is 0.840 bits per heavy atom. The predicted octanol–water partition coefficient (Wildman–Crippen LogP) is 7.64. The fraction of sp³-hybridized carbons (Fsp3) is 0.243. The highest BCUT2D eigenvalue weighted by molar-refractivity contribution is 7.92. The van der Waals surface area contributed by atoms with Crippen molar-refractivity contribution in [3.63, 3.8) is 0 Å². The maximum absolute atomic E-state index is 13.3. The number of hydrogen-bond donors (Lipinski definition) is 1. The number of sulfone groups is 1. The van der Waals surface area contributed by atoms with Crippen molar-refractivity contribution in [2.75, 3.05) is 16.6 Å². The molecule has 0 radical (unpaired) electrons. The van der Waals surface area contributed by atoms with E-state index in [9.17, 15) is 21.6 Å². The summed E-state index contributed by atoms with van der Waals surface area (Å²) in [6.07, 6.45) is 7.55. The summed E-state index contributed by atoms with van der Waals surface area (Å²) in [5.41, 5.74) is 4.91. The predicted molar refractivity (Wildman–Crippen MR) is 197 cm³/mol. The molecule has 13 heteroatoms. The average Bonchev–Trinajstić information content (AvgIpc) is 3.63. The summed E-state index contributed by atoms with van der Waals surface area (Å²) in [6.45, 7) is -0.310. The quantitative estimate of drug-likeness (QED) is 0.166. The van der Waals surface area contributed by atoms with Gasteiger partial charge in [0.15, 0.2) is 9.84 Å². The Hall–Kier alpha value is -4.16. The summed E-state index contributed by atoms with van der Waals surface area (Å²) in [4.78, 5) is 17.2. The zero-order valence-corrected chi connectivity index (χ0v) is 30.1. The van der Waals surface area contributed by atoms with Gasteiger partial charge in [-0.05, 0) is 84.0 Å². The molecular weight excluding hydrogens is 715 g/mol. The van der Waals surface area contributed by atoms with E-state index in [0.29, 0.717) is 49.8 Å². The minimum absolute atomic E-state index is 0.191. The number of hydrogen-bond acceptors (Lipinski definition) is 6. The van der Waals surface area contributed by atoms with Crippen LogP contribution < -0.4 is 9.03 Å². The number of nitrogens with one attached hydrogen (secondary N) is 1. The second-order valence-corrected chi connectivity index (χ2v) is 17.3. The maximum atomic E-state index is 13.3. The highest BCUT2D eigenvalue weighted by Crippen LogP contribution is 2.33. The number of benzene rings is 4. The molecule has 50 heavy (non-hydrogen) atoms. The van der Waals surface area contributed by atoms with Gasteiger partial charge in [-0.25, -0.2) is 22.4 Å². The third-order valence-corrected chi connectivity index (χ3v) is 13.1. The van der Waals surface area contributed by atoms with E-state index >= 15 is 0 Å². The molecule has 1 saturated carbocycles. The number of rotatable bonds is 9. The molecule has 1 N–H and O–H groups in total. The summed E-state index contributed by atoms with van der Waals surface area (Å²) < 4.78 is 56.7. The van der Waals surface area contributed by atoms with E-state index in [-0.39, 0.29) is 18.2 Å². The minimum Gasteiger partial charge on any atom is -0.303 e. The number of amides is 1. The van der Waals surface area contributed by atoms with Crippen LogP contribution in [0.1, 0.15) is 43.5 Å². The average molecular weight is 750 g/mol. The number of aromatic nitrogens is 2. The fourth-order valence-corrected chi connectivity index (χ4v) is 10.1. The normalized spacial score (nSPS) is 16.4. The Balaban J connectivity index is 1.19. The molecule has 0 unspecified atom stereocenters. The van der Waals surface area contributed by atoms with Crippen molar-refractivity contribution in [1.82, 2.24) is 14.3 Å². The molecule has 7 rings (SSSR count). The van der Waals surface area contributed by atoms with Gasteiger partial charge < -0.3 is 4.57 Å². The molecule has 258 valence electrons. The number of carbonyl (C=O) groups excluding carboxylic acids is 1. The number of imidazole rings is 1. The Bertz CT molecular complexity index is 2300. The number of nitrogens with zero attached hydrogens (tertiary/aromatic N) is 3. The molecular formula is C37H34Cl2N4O5S2. The van der Waals surface area contributed by atoms with Gasteiger partial charge in [0.1, 0.15) is 12.4 Å². The van der Waals surface area contributed by atoms with E-state index in [1.54, 1.807) is 54.6 Å². The Kier molecular flexibility index (Phi) is 9.51. The molecule has 2 heterocycles. The molecule has 0 atom stereocenters. The first-order valence-electron chi connectivity index (χ1n) is 16.3. The zero-order chi connectivity index (χ0) is 35.0. The maximum Gasteiger partial charge on any atom is 0.326 e. The van der Waals surface area contributed by atoms with Crippen molar-refractivity contribution in [3.8, 4) is 28.1 Å². The van der Waals surface area contributed by atoms with E-state index in [0.717, 1.165) is 46.7 Å². The van der Waals surface area contributed by atoms with Crippen LogP contribution >= 0.6 is 23.2 Å². The van der Waals surface area contributed by atoms with Crippen molar-refractivity contribution in [1.29, 1.82) is 0 Å². The number of halogens is 2. The van der Waals surface area contributed by atoms with Crippen LogP contribution in [0, 0.1) is 5.92 Å². The lowest BCUT2D eigenvalue weighted by Crippen LogP contribution is -2.29. The molecule has 1 aromatic heterocycles. The van der Waals surface area contributed by atoms with Gasteiger partial charge in [0.2, 0.25) is 0 Å². The summed E-state index contributed by atoms with van der Waals surface area (Å²) in [6, 6.07) is 27.1. The van der Waals surface area contributed by atoms with E-state index < -0.39 is 26.0 Å². The molecule has 2 fully saturated rings. The first kappa shape index (κ1) is 34.3. The van der Waals surface area contributed by atoms with Gasteiger partial charge in [-0.3, -0.25) is 4.79 Å². The van der Waals surface area contributed by atoms with Crippen molar-refractivity contribution in [3.05, 3.63) is 119 Å². The summed E-state index contributed by atoms with van der Waals surface area (Å²) in [5.74, 6) is 0.467. The Morgan fingerprint density at radius 2 is 1.58 bits per heavy atom. The smallest absolute Gasteiger partial charge is 0.303 e. The van der Waals surface area contributed by atoms with Crippen molar-refractivity contribution in [2.24, 2.45) is 5.92 Å². The monoisotopic (exact) mass is 748 g/mol. The van der Waals surface area contributed by atoms with Gasteiger partial charge in [0, 0.05) is 28.9 Å². The van der Waals surface area contributed by atoms with E-state index in [4.69, 9.17) is 28.2 Å². The molecule has 1 aliphatic carbocycles. The van der Waals surface area contributed by atoms with Gasteiger partial charge >= 0.3 is 10.2 Å². The van der Waals surface area contributed by atoms with Crippen LogP contribution in [0.25, 0.3) is 28.1 Å². The first-order valence-corrected chi connectivity index (χ1v) is 20.2. The van der Waals surface area contributed by atoms with Gasteiger partial charge in [0.25, 0.3) is 5.91 Å². The molecule has 0 spiro atoms. The zero-order valence-electron chi connectivity index (χ0n) is 26.9. The summed E-state index contributed by atoms with van der Waals surface area (Å²) in [7, 11) is -7.39. The van der Waals surface area contributed by atoms with Crippen molar-refractivity contribution < 1.29 is 21.6 Å². The molecule has 1 amide bonds. The highest BCUT2D eigenvalue weighted by atomic mass is 35.5. The van der Waals surface area contributed by atoms with Crippen LogP contribution in [0.4, 0.5) is 5.69 Å². The molecule has 5 aromatic rings. The van der Waals surface area contributed by atoms with Crippen LogP contribution in [0.5, 0.6) is 0 Å². The Morgan fingerprint density at radius 3 is 2.30 bits per heavy atom. The Labute approximate surface area is 302 Å². The molecule has 4 aromatic carbocycles. The molecule has 9 nitrogen and oxygen atoms in total. The summed E-state index contributed by atoms with van der Waals surface area (Å²) in [5, 5.41) is 0.927. The highest BCUT2D eigenvalue weighted by Gasteiger charge is 2.34. The van der Waals surface area contributed by atoms with Gasteiger partial charge in [-0.2, -0.15) is 8.42 Å². The molecule has 1 saturated heterocycles. The standard InChI is InChI=1S/C37H34Cl2N4O5S2/c38-29-16-17-33(34(39)20-29)35-22-42(30-9-5-10-31(21-30)43-23-37(44)41-50(43,47)48)36(40-35)18-25-12-14-27(15-13-25)28-8-4-11-32(19-28)49(45,46)24-26-6-2-1-3-7-26/h4-5,8-17,19-22,26H,1-3,6-7,18,23-24H2,(H,41,44). The minimum atomic E-state index is -3.99. The van der Waals surface area contributed by atoms with Crippen LogP contribution in [0.3, 0.4) is 0 Å². The van der Waals surface area contributed by atoms with Gasteiger partial charge in [0.05, 0.1) is 27.1 Å². The number of anilines is 1. The molecule has 0 bridgehead atoms. The van der Waals surface area contributed by atoms with E-state index in [2.05, 4.69) is 0 Å². The lowest BCUT2D eigenvalue weighted by Gasteiger charge is -2.21. The van der Waals surface area contributed by atoms with Crippen LogP contribution in [0.2, 0.25) is 10.0 Å². The van der Waals surface area contributed by atoms with Crippen LogP contribution in [-0.2, 0) is 31.3 Å². The fourth-order valence-electron chi connectivity index (χ4n) is 6.70. The van der Waals surface area contributed by atoms with Crippen molar-refractivity contribution in [2.45, 2.75) is 43.4 Å². The summed E-state index contributed by atoms with van der Waals surface area (Å²) >= 11 is 12.7. The van der Waals surface area contributed by atoms with Crippen molar-refractivity contribution >= 4 is 54.8 Å². The van der Waals surface area contributed by atoms with Gasteiger partial charge in [-0.1, -0.05) is 84.9 Å². The largest absolute Gasteiger partial charge is 0.326 e. The van der Waals surface area contributed by atoms with E-state index in [1.807, 2.05) is 51.9 Å². The topological polar surface area (TPSA) is 118 Å². The second-order valence-electron chi connectivity index (χ2n) is 12.8. The second kappa shape index (κ2) is 13.9. The van der Waals surface area contributed by atoms with E-state index in [1.165, 1.54) is 6.42 Å². The lowest BCUT2D eigenvalue weighted by molar-refractivity contribution is -0.117.